The molecule has 2 aromatic carbocycles. The molecule has 0 unspecified atom stereocenters. The van der Waals surface area contributed by atoms with E-state index in [2.05, 4.69) is 13.8 Å². The molecule has 0 aromatic heterocycles. The molecular formula is C16H21BO3. The summed E-state index contributed by atoms with van der Waals surface area (Å²) in [6.45, 7) is 5.10. The molecule has 0 atom stereocenters. The first kappa shape index (κ1) is 14.9. The van der Waals surface area contributed by atoms with Gasteiger partial charge in [0, 0.05) is 0 Å². The summed E-state index contributed by atoms with van der Waals surface area (Å²) in [4.78, 5) is 0. The second kappa shape index (κ2) is 6.77. The van der Waals surface area contributed by atoms with Crippen molar-refractivity contribution in [3.05, 3.63) is 36.4 Å². The van der Waals surface area contributed by atoms with E-state index in [1.807, 2.05) is 24.3 Å². The highest BCUT2D eigenvalue weighted by Gasteiger charge is 2.11. The summed E-state index contributed by atoms with van der Waals surface area (Å²) in [5, 5.41) is 20.4. The summed E-state index contributed by atoms with van der Waals surface area (Å²) in [6, 6.07) is 11.3. The van der Waals surface area contributed by atoms with Gasteiger partial charge in [0.1, 0.15) is 5.75 Å². The topological polar surface area (TPSA) is 49.7 Å². The minimum absolute atomic E-state index is 0.503. The molecule has 3 nitrogen and oxygen atoms in total. The van der Waals surface area contributed by atoms with Gasteiger partial charge in [-0.25, -0.2) is 0 Å². The standard InChI is InChI=1S/C16H21BO3/c1-3-12(4-2)11-20-16-8-6-13-9-15(17(18)19)7-5-14(13)10-16/h5-10,12,18-19H,3-4,11H2,1-2H3. The van der Waals surface area contributed by atoms with Gasteiger partial charge in [-0.3, -0.25) is 0 Å². The van der Waals surface area contributed by atoms with Crippen LogP contribution in [0.25, 0.3) is 10.8 Å². The van der Waals surface area contributed by atoms with Crippen molar-refractivity contribution >= 4 is 23.4 Å². The lowest BCUT2D eigenvalue weighted by molar-refractivity contribution is 0.241. The van der Waals surface area contributed by atoms with Gasteiger partial charge in [-0.15, -0.1) is 0 Å². The Hall–Kier alpha value is -1.52. The third-order valence-corrected chi connectivity index (χ3v) is 3.77. The average Bonchev–Trinajstić information content (AvgIpc) is 2.47. The van der Waals surface area contributed by atoms with Crippen LogP contribution in [0.1, 0.15) is 26.7 Å². The van der Waals surface area contributed by atoms with E-state index in [0.717, 1.165) is 36.0 Å². The Morgan fingerprint density at radius 2 is 1.65 bits per heavy atom. The third kappa shape index (κ3) is 3.53. The van der Waals surface area contributed by atoms with Gasteiger partial charge in [0.25, 0.3) is 0 Å². The second-order valence-corrected chi connectivity index (χ2v) is 5.14. The van der Waals surface area contributed by atoms with Crippen LogP contribution in [0, 0.1) is 5.92 Å². The van der Waals surface area contributed by atoms with Gasteiger partial charge in [0.2, 0.25) is 0 Å². The van der Waals surface area contributed by atoms with Crippen LogP contribution in [0.3, 0.4) is 0 Å². The largest absolute Gasteiger partial charge is 0.493 e. The maximum atomic E-state index is 9.17. The molecule has 2 rings (SSSR count). The molecule has 0 radical (unpaired) electrons. The van der Waals surface area contributed by atoms with Crippen molar-refractivity contribution in [1.82, 2.24) is 0 Å². The van der Waals surface area contributed by atoms with Crippen LogP contribution < -0.4 is 10.2 Å². The van der Waals surface area contributed by atoms with Crippen LogP contribution in [0.2, 0.25) is 0 Å². The Bertz CT molecular complexity index is 565. The quantitative estimate of drug-likeness (QED) is 0.793. The molecule has 0 spiro atoms. The number of rotatable bonds is 6. The maximum absolute atomic E-state index is 9.17. The van der Waals surface area contributed by atoms with Gasteiger partial charge in [-0.1, -0.05) is 51.0 Å². The van der Waals surface area contributed by atoms with E-state index in [1.54, 1.807) is 12.1 Å². The fourth-order valence-corrected chi connectivity index (χ4v) is 2.23. The summed E-state index contributed by atoms with van der Waals surface area (Å²) in [7, 11) is -1.43. The molecule has 0 heterocycles. The lowest BCUT2D eigenvalue weighted by atomic mass is 9.79. The van der Waals surface area contributed by atoms with Gasteiger partial charge in [-0.2, -0.15) is 0 Å². The number of hydrogen-bond donors (Lipinski definition) is 2. The van der Waals surface area contributed by atoms with Crippen LogP contribution in [-0.2, 0) is 0 Å². The first-order valence-corrected chi connectivity index (χ1v) is 7.16. The number of ether oxygens (including phenoxy) is 1. The predicted octanol–water partition coefficient (Wildman–Crippen LogP) is 2.33. The summed E-state index contributed by atoms with van der Waals surface area (Å²) in [5.74, 6) is 1.46. The zero-order valence-electron chi connectivity index (χ0n) is 12.0. The summed E-state index contributed by atoms with van der Waals surface area (Å²) in [5.41, 5.74) is 0.503. The summed E-state index contributed by atoms with van der Waals surface area (Å²) < 4.78 is 5.84. The molecule has 20 heavy (non-hydrogen) atoms. The van der Waals surface area contributed by atoms with Crippen LogP contribution in [0.15, 0.2) is 36.4 Å². The summed E-state index contributed by atoms with van der Waals surface area (Å²) in [6.07, 6.45) is 2.25. The zero-order chi connectivity index (χ0) is 14.5. The minimum atomic E-state index is -1.43. The van der Waals surface area contributed by atoms with Crippen molar-refractivity contribution in [3.63, 3.8) is 0 Å². The second-order valence-electron chi connectivity index (χ2n) is 5.14. The average molecular weight is 272 g/mol. The van der Waals surface area contributed by atoms with Crippen molar-refractivity contribution in [2.75, 3.05) is 6.61 Å². The predicted molar refractivity (Wildman–Crippen MR) is 83.3 cm³/mol. The first-order chi connectivity index (χ1) is 9.63. The van der Waals surface area contributed by atoms with Crippen LogP contribution >= 0.6 is 0 Å². The Morgan fingerprint density at radius 3 is 2.30 bits per heavy atom. The molecule has 0 bridgehead atoms. The smallest absolute Gasteiger partial charge is 0.488 e. The number of fused-ring (bicyclic) bond motifs is 1. The van der Waals surface area contributed by atoms with E-state index in [1.165, 1.54) is 0 Å². The molecule has 4 heteroatoms. The van der Waals surface area contributed by atoms with E-state index in [9.17, 15) is 0 Å². The Balaban J connectivity index is 2.15. The van der Waals surface area contributed by atoms with Crippen LogP contribution in [0.4, 0.5) is 0 Å². The van der Waals surface area contributed by atoms with Crippen molar-refractivity contribution in [2.24, 2.45) is 5.92 Å². The molecule has 0 aliphatic heterocycles. The zero-order valence-corrected chi connectivity index (χ0v) is 12.0. The van der Waals surface area contributed by atoms with Crippen molar-refractivity contribution in [3.8, 4) is 5.75 Å². The van der Waals surface area contributed by atoms with Crippen molar-refractivity contribution < 1.29 is 14.8 Å². The third-order valence-electron chi connectivity index (χ3n) is 3.77. The molecule has 0 amide bonds. The SMILES string of the molecule is CCC(CC)COc1ccc2cc(B(O)O)ccc2c1. The van der Waals surface area contributed by atoms with E-state index in [-0.39, 0.29) is 0 Å². The van der Waals surface area contributed by atoms with Gasteiger partial charge in [0.15, 0.2) is 0 Å². The highest BCUT2D eigenvalue weighted by atomic mass is 16.5. The fourth-order valence-electron chi connectivity index (χ4n) is 2.23. The van der Waals surface area contributed by atoms with E-state index in [4.69, 9.17) is 14.8 Å². The van der Waals surface area contributed by atoms with E-state index >= 15 is 0 Å². The maximum Gasteiger partial charge on any atom is 0.488 e. The van der Waals surface area contributed by atoms with Gasteiger partial charge >= 0.3 is 7.12 Å². The number of hydrogen-bond acceptors (Lipinski definition) is 3. The van der Waals surface area contributed by atoms with E-state index in [0.29, 0.717) is 11.4 Å². The molecule has 0 saturated carbocycles. The van der Waals surface area contributed by atoms with Gasteiger partial charge in [-0.05, 0) is 34.3 Å². The first-order valence-electron chi connectivity index (χ1n) is 7.16. The molecule has 2 aromatic rings. The minimum Gasteiger partial charge on any atom is -0.493 e. The van der Waals surface area contributed by atoms with Crippen LogP contribution in [-0.4, -0.2) is 23.8 Å². The monoisotopic (exact) mass is 272 g/mol. The van der Waals surface area contributed by atoms with E-state index < -0.39 is 7.12 Å². The molecule has 0 fully saturated rings. The Labute approximate surface area is 120 Å². The number of benzene rings is 2. The highest BCUT2D eigenvalue weighted by molar-refractivity contribution is 6.58. The van der Waals surface area contributed by atoms with Gasteiger partial charge in [0.05, 0.1) is 6.61 Å². The lowest BCUT2D eigenvalue weighted by Gasteiger charge is -2.14. The molecule has 0 aliphatic carbocycles. The van der Waals surface area contributed by atoms with Crippen molar-refractivity contribution in [1.29, 1.82) is 0 Å². The van der Waals surface area contributed by atoms with Gasteiger partial charge < -0.3 is 14.8 Å². The molecule has 0 saturated heterocycles. The Kier molecular flexibility index (Phi) is 5.04. The molecule has 0 aliphatic rings. The normalized spacial score (nSPS) is 11.1. The molecule has 106 valence electrons. The molecule has 2 N–H and O–H groups in total. The fraction of sp³-hybridized carbons (Fsp3) is 0.375. The van der Waals surface area contributed by atoms with Crippen LogP contribution in [0.5, 0.6) is 5.75 Å². The molecular weight excluding hydrogens is 251 g/mol. The lowest BCUT2D eigenvalue weighted by Crippen LogP contribution is -2.29. The summed E-state index contributed by atoms with van der Waals surface area (Å²) >= 11 is 0. The Morgan fingerprint density at radius 1 is 1.00 bits per heavy atom. The van der Waals surface area contributed by atoms with Crippen molar-refractivity contribution in [2.45, 2.75) is 26.7 Å². The highest BCUT2D eigenvalue weighted by Crippen LogP contribution is 2.21.